The Morgan fingerprint density at radius 2 is 2.10 bits per heavy atom. The predicted octanol–water partition coefficient (Wildman–Crippen LogP) is -0.0509. The Labute approximate surface area is 123 Å². The van der Waals surface area contributed by atoms with E-state index in [0.717, 1.165) is 6.26 Å². The number of halogens is 1. The first-order chi connectivity index (χ1) is 9.81. The molecule has 1 aromatic carbocycles. The molecule has 1 aromatic rings. The van der Waals surface area contributed by atoms with Crippen molar-refractivity contribution in [2.75, 3.05) is 19.3 Å². The van der Waals surface area contributed by atoms with E-state index in [2.05, 4.69) is 15.2 Å². The molecule has 0 saturated carbocycles. The summed E-state index contributed by atoms with van der Waals surface area (Å²) in [7, 11) is -3.17. The average Bonchev–Trinajstić information content (AvgIpc) is 2.40. The van der Waals surface area contributed by atoms with Gasteiger partial charge in [-0.3, -0.25) is 0 Å². The normalized spacial score (nSPS) is 12.6. The molecule has 0 atom stereocenters. The summed E-state index contributed by atoms with van der Waals surface area (Å²) >= 11 is 0. The SMILES string of the molecule is CS(=O)(=O)NCCCNCc1cc(F)cc(/C(N)=N/O)c1. The van der Waals surface area contributed by atoms with Crippen LogP contribution in [0.3, 0.4) is 0 Å². The predicted molar refractivity (Wildman–Crippen MR) is 78.1 cm³/mol. The number of benzene rings is 1. The summed E-state index contributed by atoms with van der Waals surface area (Å²) in [5.74, 6) is -0.636. The molecule has 5 N–H and O–H groups in total. The van der Waals surface area contributed by atoms with E-state index in [9.17, 15) is 12.8 Å². The van der Waals surface area contributed by atoms with Crippen LogP contribution < -0.4 is 15.8 Å². The Balaban J connectivity index is 2.44. The highest BCUT2D eigenvalue weighted by molar-refractivity contribution is 7.88. The van der Waals surface area contributed by atoms with E-state index in [-0.39, 0.29) is 5.84 Å². The lowest BCUT2D eigenvalue weighted by atomic mass is 10.1. The fourth-order valence-corrected chi connectivity index (χ4v) is 2.18. The summed E-state index contributed by atoms with van der Waals surface area (Å²) in [5, 5.41) is 14.5. The average molecular weight is 318 g/mol. The highest BCUT2D eigenvalue weighted by Crippen LogP contribution is 2.09. The summed E-state index contributed by atoms with van der Waals surface area (Å²) in [6.45, 7) is 1.30. The topological polar surface area (TPSA) is 117 Å². The summed E-state index contributed by atoms with van der Waals surface area (Å²) in [5.41, 5.74) is 6.36. The van der Waals surface area contributed by atoms with Gasteiger partial charge in [-0.2, -0.15) is 0 Å². The molecular weight excluding hydrogens is 299 g/mol. The highest BCUT2D eigenvalue weighted by atomic mass is 32.2. The van der Waals surface area contributed by atoms with Crippen LogP contribution in [0.15, 0.2) is 23.4 Å². The fraction of sp³-hybridized carbons (Fsp3) is 0.417. The lowest BCUT2D eigenvalue weighted by Crippen LogP contribution is -2.26. The molecule has 118 valence electrons. The summed E-state index contributed by atoms with van der Waals surface area (Å²) < 4.78 is 37.4. The van der Waals surface area contributed by atoms with Crippen LogP contribution in [0.2, 0.25) is 0 Å². The minimum atomic E-state index is -3.17. The molecule has 0 aliphatic heterocycles. The summed E-state index contributed by atoms with van der Waals surface area (Å²) in [6.07, 6.45) is 1.71. The third-order valence-electron chi connectivity index (χ3n) is 2.58. The van der Waals surface area contributed by atoms with E-state index >= 15 is 0 Å². The van der Waals surface area contributed by atoms with Gasteiger partial charge in [-0.05, 0) is 36.7 Å². The van der Waals surface area contributed by atoms with Gasteiger partial charge in [-0.25, -0.2) is 17.5 Å². The molecule has 21 heavy (non-hydrogen) atoms. The van der Waals surface area contributed by atoms with E-state index in [1.807, 2.05) is 0 Å². The minimum Gasteiger partial charge on any atom is -0.409 e. The van der Waals surface area contributed by atoms with Crippen LogP contribution in [0, 0.1) is 5.82 Å². The maximum Gasteiger partial charge on any atom is 0.208 e. The first-order valence-electron chi connectivity index (χ1n) is 6.24. The Hall–Kier alpha value is -1.71. The van der Waals surface area contributed by atoms with Crippen LogP contribution in [0.1, 0.15) is 17.5 Å². The third kappa shape index (κ3) is 7.02. The molecule has 1 rings (SSSR count). The van der Waals surface area contributed by atoms with E-state index in [4.69, 9.17) is 10.9 Å². The van der Waals surface area contributed by atoms with E-state index in [1.54, 1.807) is 6.07 Å². The fourth-order valence-electron chi connectivity index (χ4n) is 1.66. The van der Waals surface area contributed by atoms with Gasteiger partial charge >= 0.3 is 0 Å². The Bertz CT molecular complexity index is 605. The van der Waals surface area contributed by atoms with Gasteiger partial charge in [0, 0.05) is 18.7 Å². The van der Waals surface area contributed by atoms with E-state index in [0.29, 0.717) is 37.2 Å². The lowest BCUT2D eigenvalue weighted by molar-refractivity contribution is 0.318. The van der Waals surface area contributed by atoms with E-state index in [1.165, 1.54) is 12.1 Å². The van der Waals surface area contributed by atoms with Crippen molar-refractivity contribution in [2.45, 2.75) is 13.0 Å². The Kier molecular flexibility index (Phi) is 6.53. The summed E-state index contributed by atoms with van der Waals surface area (Å²) in [6, 6.07) is 4.13. The number of sulfonamides is 1. The second kappa shape index (κ2) is 7.91. The van der Waals surface area contributed by atoms with Crippen LogP contribution in [0.5, 0.6) is 0 Å². The molecule has 0 fully saturated rings. The van der Waals surface area contributed by atoms with Crippen LogP contribution >= 0.6 is 0 Å². The zero-order valence-electron chi connectivity index (χ0n) is 11.6. The standard InChI is InChI=1S/C12H19FN4O3S/c1-21(19,20)16-4-2-3-15-8-9-5-10(12(14)17-18)7-11(13)6-9/h5-7,15-16,18H,2-4,8H2,1H3,(H2,14,17). The Morgan fingerprint density at radius 1 is 1.38 bits per heavy atom. The van der Waals surface area contributed by atoms with Crippen molar-refractivity contribution in [3.8, 4) is 0 Å². The number of nitrogens with one attached hydrogen (secondary N) is 2. The van der Waals surface area contributed by atoms with Crippen molar-refractivity contribution in [3.63, 3.8) is 0 Å². The van der Waals surface area contributed by atoms with Crippen molar-refractivity contribution < 1.29 is 18.0 Å². The number of nitrogens with two attached hydrogens (primary N) is 1. The monoisotopic (exact) mass is 318 g/mol. The number of hydrogen-bond acceptors (Lipinski definition) is 5. The van der Waals surface area contributed by atoms with Gasteiger partial charge in [0.15, 0.2) is 5.84 Å². The number of amidine groups is 1. The number of hydrogen-bond donors (Lipinski definition) is 4. The molecule has 0 aromatic heterocycles. The molecule has 0 saturated heterocycles. The molecule has 9 heteroatoms. The summed E-state index contributed by atoms with van der Waals surface area (Å²) in [4.78, 5) is 0. The molecule has 0 radical (unpaired) electrons. The minimum absolute atomic E-state index is 0.159. The van der Waals surface area contributed by atoms with Gasteiger partial charge in [0.05, 0.1) is 6.26 Å². The number of oxime groups is 1. The van der Waals surface area contributed by atoms with Gasteiger partial charge in [-0.15, -0.1) is 0 Å². The molecule has 0 amide bonds. The molecule has 0 aliphatic rings. The molecule has 7 nitrogen and oxygen atoms in total. The zero-order chi connectivity index (χ0) is 15.9. The maximum absolute atomic E-state index is 13.4. The molecule has 0 spiro atoms. The molecular formula is C12H19FN4O3S. The van der Waals surface area contributed by atoms with Crippen LogP contribution in [-0.4, -0.2) is 38.8 Å². The van der Waals surface area contributed by atoms with Gasteiger partial charge in [0.25, 0.3) is 0 Å². The number of rotatable bonds is 8. The molecule has 0 bridgehead atoms. The second-order valence-corrected chi connectivity index (χ2v) is 6.36. The van der Waals surface area contributed by atoms with Gasteiger partial charge in [0.2, 0.25) is 10.0 Å². The van der Waals surface area contributed by atoms with Crippen molar-refractivity contribution in [2.24, 2.45) is 10.9 Å². The smallest absolute Gasteiger partial charge is 0.208 e. The first-order valence-corrected chi connectivity index (χ1v) is 8.13. The quantitative estimate of drug-likeness (QED) is 0.176. The van der Waals surface area contributed by atoms with Crippen molar-refractivity contribution in [1.82, 2.24) is 10.0 Å². The highest BCUT2D eigenvalue weighted by Gasteiger charge is 2.05. The lowest BCUT2D eigenvalue weighted by Gasteiger charge is -2.07. The molecule has 0 heterocycles. The van der Waals surface area contributed by atoms with Crippen LogP contribution in [-0.2, 0) is 16.6 Å². The Morgan fingerprint density at radius 3 is 2.71 bits per heavy atom. The van der Waals surface area contributed by atoms with Gasteiger partial charge < -0.3 is 16.3 Å². The second-order valence-electron chi connectivity index (χ2n) is 4.53. The van der Waals surface area contributed by atoms with Crippen LogP contribution in [0.4, 0.5) is 4.39 Å². The molecule has 0 unspecified atom stereocenters. The van der Waals surface area contributed by atoms with Crippen molar-refractivity contribution in [3.05, 3.63) is 35.1 Å². The zero-order valence-corrected chi connectivity index (χ0v) is 12.5. The molecule has 0 aliphatic carbocycles. The van der Waals surface area contributed by atoms with Crippen molar-refractivity contribution in [1.29, 1.82) is 0 Å². The van der Waals surface area contributed by atoms with E-state index < -0.39 is 15.8 Å². The van der Waals surface area contributed by atoms with Gasteiger partial charge in [-0.1, -0.05) is 5.16 Å². The first kappa shape index (κ1) is 17.3. The number of nitrogens with zero attached hydrogens (tertiary/aromatic N) is 1. The van der Waals surface area contributed by atoms with Crippen LogP contribution in [0.25, 0.3) is 0 Å². The largest absolute Gasteiger partial charge is 0.409 e. The maximum atomic E-state index is 13.4. The van der Waals surface area contributed by atoms with Crippen molar-refractivity contribution >= 4 is 15.9 Å². The van der Waals surface area contributed by atoms with Gasteiger partial charge in [0.1, 0.15) is 5.82 Å². The third-order valence-corrected chi connectivity index (χ3v) is 3.31.